The Bertz CT molecular complexity index is 1200. The maximum atomic E-state index is 13.2. The number of pyridine rings is 1. The normalized spacial score (nSPS) is 17.1. The Balaban J connectivity index is 1.81. The van der Waals surface area contributed by atoms with Crippen LogP contribution in [0.2, 0.25) is 0 Å². The molecule has 1 N–H and O–H groups in total. The molecule has 2 heterocycles. The van der Waals surface area contributed by atoms with Gasteiger partial charge in [-0.25, -0.2) is 0 Å². The number of ketones is 1. The van der Waals surface area contributed by atoms with Crippen molar-refractivity contribution in [2.75, 3.05) is 25.6 Å². The molecule has 174 valence electrons. The highest BCUT2D eigenvalue weighted by Crippen LogP contribution is 2.40. The summed E-state index contributed by atoms with van der Waals surface area (Å²) in [5.74, 6) is -0.918. The lowest BCUT2D eigenvalue weighted by Gasteiger charge is -2.26. The highest BCUT2D eigenvalue weighted by Gasteiger charge is 2.46. The predicted octanol–water partition coefficient (Wildman–Crippen LogP) is 4.17. The summed E-state index contributed by atoms with van der Waals surface area (Å²) in [5.41, 5.74) is 3.02. The number of Topliss-reactive ketones (excluding diaryl/α,β-unsaturated/α-hetero) is 1. The summed E-state index contributed by atoms with van der Waals surface area (Å²) in [4.78, 5) is 33.9. The lowest BCUT2D eigenvalue weighted by molar-refractivity contribution is -0.140. The van der Waals surface area contributed by atoms with E-state index >= 15 is 0 Å². The van der Waals surface area contributed by atoms with Crippen LogP contribution in [0.1, 0.15) is 29.7 Å². The van der Waals surface area contributed by atoms with E-state index in [0.29, 0.717) is 17.9 Å². The maximum Gasteiger partial charge on any atom is 0.295 e. The highest BCUT2D eigenvalue weighted by atomic mass is 16.5. The molecule has 4 rings (SSSR count). The summed E-state index contributed by atoms with van der Waals surface area (Å²) in [5, 5.41) is 11.2. The van der Waals surface area contributed by atoms with Crippen molar-refractivity contribution in [3.8, 4) is 5.75 Å². The molecule has 1 aromatic heterocycles. The van der Waals surface area contributed by atoms with Gasteiger partial charge in [0.25, 0.3) is 11.7 Å². The van der Waals surface area contributed by atoms with Crippen LogP contribution in [-0.2, 0) is 16.1 Å². The monoisotopic (exact) mass is 457 g/mol. The molecule has 1 fully saturated rings. The molecule has 0 aliphatic carbocycles. The van der Waals surface area contributed by atoms with Gasteiger partial charge in [0.15, 0.2) is 0 Å². The molecular formula is C27H27N3O4. The first kappa shape index (κ1) is 23.0. The van der Waals surface area contributed by atoms with Gasteiger partial charge in [0, 0.05) is 44.3 Å². The number of aliphatic hydroxyl groups is 1. The minimum absolute atomic E-state index is 0.0654. The molecule has 3 aromatic rings. The lowest BCUT2D eigenvalue weighted by Crippen LogP contribution is -2.29. The third-order valence-corrected chi connectivity index (χ3v) is 5.78. The Morgan fingerprint density at radius 2 is 1.76 bits per heavy atom. The fraction of sp³-hybridized carbons (Fsp3) is 0.222. The Kier molecular flexibility index (Phi) is 6.63. The van der Waals surface area contributed by atoms with E-state index in [-0.39, 0.29) is 17.9 Å². The highest BCUT2D eigenvalue weighted by molar-refractivity contribution is 6.46. The Morgan fingerprint density at radius 1 is 1.06 bits per heavy atom. The van der Waals surface area contributed by atoms with Crippen LogP contribution < -0.4 is 9.64 Å². The second-order valence-electron chi connectivity index (χ2n) is 8.23. The number of hydrogen-bond donors (Lipinski definition) is 1. The van der Waals surface area contributed by atoms with Gasteiger partial charge in [0.05, 0.1) is 18.2 Å². The van der Waals surface area contributed by atoms with E-state index < -0.39 is 17.7 Å². The minimum Gasteiger partial charge on any atom is -0.507 e. The molecule has 0 bridgehead atoms. The fourth-order valence-corrected chi connectivity index (χ4v) is 4.06. The molecule has 0 radical (unpaired) electrons. The van der Waals surface area contributed by atoms with E-state index in [0.717, 1.165) is 16.8 Å². The number of rotatable bonds is 7. The number of nitrogens with zero attached hydrogens (tertiary/aromatic N) is 3. The van der Waals surface area contributed by atoms with Gasteiger partial charge < -0.3 is 19.6 Å². The van der Waals surface area contributed by atoms with Crippen molar-refractivity contribution in [1.29, 1.82) is 0 Å². The van der Waals surface area contributed by atoms with Crippen molar-refractivity contribution in [3.63, 3.8) is 0 Å². The first-order valence-electron chi connectivity index (χ1n) is 11.1. The molecule has 34 heavy (non-hydrogen) atoms. The summed E-state index contributed by atoms with van der Waals surface area (Å²) in [6, 6.07) is 17.3. The van der Waals surface area contributed by atoms with E-state index in [9.17, 15) is 14.7 Å². The summed E-state index contributed by atoms with van der Waals surface area (Å²) in [6.07, 6.45) is 3.32. The number of likely N-dealkylation sites (tertiary alicyclic amines) is 1. The Labute approximate surface area is 198 Å². The van der Waals surface area contributed by atoms with Crippen LogP contribution in [0.15, 0.2) is 78.6 Å². The summed E-state index contributed by atoms with van der Waals surface area (Å²) in [6.45, 7) is 2.60. The van der Waals surface area contributed by atoms with Gasteiger partial charge in [0.2, 0.25) is 0 Å². The molecular weight excluding hydrogens is 430 g/mol. The Hall–Kier alpha value is -4.13. The number of ether oxygens (including phenoxy) is 1. The average Bonchev–Trinajstić information content (AvgIpc) is 3.10. The smallest absolute Gasteiger partial charge is 0.295 e. The molecule has 1 saturated heterocycles. The third kappa shape index (κ3) is 4.50. The zero-order valence-corrected chi connectivity index (χ0v) is 19.4. The molecule has 1 aliphatic rings. The zero-order chi connectivity index (χ0) is 24.2. The van der Waals surface area contributed by atoms with Crippen molar-refractivity contribution in [2.45, 2.75) is 19.5 Å². The van der Waals surface area contributed by atoms with E-state index in [1.165, 1.54) is 4.90 Å². The van der Waals surface area contributed by atoms with Crippen molar-refractivity contribution in [3.05, 3.63) is 95.3 Å². The van der Waals surface area contributed by atoms with E-state index in [1.807, 2.05) is 56.3 Å². The first-order valence-corrected chi connectivity index (χ1v) is 11.1. The standard InChI is InChI=1S/C27H27N3O4/c1-4-34-22-13-9-20(10-14-22)25(31)23-24(19-7-11-21(12-8-19)29(2)3)30(27(33)26(23)32)17-18-6-5-15-28-16-18/h5-16,24,31H,4,17H2,1-3H3. The van der Waals surface area contributed by atoms with E-state index in [1.54, 1.807) is 42.7 Å². The van der Waals surface area contributed by atoms with Crippen LogP contribution >= 0.6 is 0 Å². The van der Waals surface area contributed by atoms with Crippen LogP contribution in [0.3, 0.4) is 0 Å². The van der Waals surface area contributed by atoms with Crippen LogP contribution in [0.5, 0.6) is 5.75 Å². The molecule has 1 amide bonds. The predicted molar refractivity (Wildman–Crippen MR) is 130 cm³/mol. The maximum absolute atomic E-state index is 13.2. The Morgan fingerprint density at radius 3 is 2.35 bits per heavy atom. The lowest BCUT2D eigenvalue weighted by atomic mass is 9.95. The second kappa shape index (κ2) is 9.79. The number of carbonyl (C=O) groups excluding carboxylic acids is 2. The topological polar surface area (TPSA) is 83.0 Å². The molecule has 7 nitrogen and oxygen atoms in total. The zero-order valence-electron chi connectivity index (χ0n) is 19.4. The van der Waals surface area contributed by atoms with Gasteiger partial charge in [0.1, 0.15) is 11.5 Å². The molecule has 7 heteroatoms. The quantitative estimate of drug-likeness (QED) is 0.326. The average molecular weight is 458 g/mol. The molecule has 2 aromatic carbocycles. The first-order chi connectivity index (χ1) is 16.4. The van der Waals surface area contributed by atoms with Gasteiger partial charge in [-0.15, -0.1) is 0 Å². The third-order valence-electron chi connectivity index (χ3n) is 5.78. The number of aliphatic hydroxyl groups excluding tert-OH is 1. The van der Waals surface area contributed by atoms with Gasteiger partial charge >= 0.3 is 0 Å². The number of aromatic nitrogens is 1. The summed E-state index contributed by atoms with van der Waals surface area (Å²) < 4.78 is 5.47. The second-order valence-corrected chi connectivity index (χ2v) is 8.23. The number of hydrogen-bond acceptors (Lipinski definition) is 6. The van der Waals surface area contributed by atoms with E-state index in [4.69, 9.17) is 4.74 Å². The van der Waals surface area contributed by atoms with Crippen molar-refractivity contribution in [1.82, 2.24) is 9.88 Å². The van der Waals surface area contributed by atoms with Crippen LogP contribution in [0, 0.1) is 0 Å². The molecule has 0 saturated carbocycles. The molecule has 1 atom stereocenters. The van der Waals surface area contributed by atoms with Gasteiger partial charge in [-0.1, -0.05) is 18.2 Å². The van der Waals surface area contributed by atoms with Crippen molar-refractivity contribution < 1.29 is 19.4 Å². The summed E-state index contributed by atoms with van der Waals surface area (Å²) >= 11 is 0. The molecule has 1 unspecified atom stereocenters. The number of carbonyl (C=O) groups is 2. The van der Waals surface area contributed by atoms with Gasteiger partial charge in [-0.3, -0.25) is 14.6 Å². The van der Waals surface area contributed by atoms with Crippen molar-refractivity contribution in [2.24, 2.45) is 0 Å². The van der Waals surface area contributed by atoms with Gasteiger partial charge in [-0.05, 0) is 60.5 Å². The van der Waals surface area contributed by atoms with E-state index in [2.05, 4.69) is 4.98 Å². The SMILES string of the molecule is CCOc1ccc(C(O)=C2C(=O)C(=O)N(Cc3cccnc3)C2c2ccc(N(C)C)cc2)cc1. The number of amides is 1. The molecule has 0 spiro atoms. The minimum atomic E-state index is -0.733. The van der Waals surface area contributed by atoms with Crippen LogP contribution in [0.4, 0.5) is 5.69 Å². The number of anilines is 1. The largest absolute Gasteiger partial charge is 0.507 e. The fourth-order valence-electron chi connectivity index (χ4n) is 4.06. The number of benzene rings is 2. The summed E-state index contributed by atoms with van der Waals surface area (Å²) in [7, 11) is 3.88. The van der Waals surface area contributed by atoms with Crippen LogP contribution in [0.25, 0.3) is 5.76 Å². The van der Waals surface area contributed by atoms with Crippen LogP contribution in [-0.4, -0.2) is 47.4 Å². The van der Waals surface area contributed by atoms with Gasteiger partial charge in [-0.2, -0.15) is 0 Å². The van der Waals surface area contributed by atoms with Crippen molar-refractivity contribution >= 4 is 23.1 Å². The molecule has 1 aliphatic heterocycles.